The summed E-state index contributed by atoms with van der Waals surface area (Å²) in [5, 5.41) is 10.9. The second-order valence-corrected chi connectivity index (χ2v) is 7.33. The lowest BCUT2D eigenvalue weighted by Crippen LogP contribution is -2.35. The maximum Gasteiger partial charge on any atom is 0.0540 e. The fourth-order valence-corrected chi connectivity index (χ4v) is 3.87. The van der Waals surface area contributed by atoms with Crippen LogP contribution >= 0.6 is 11.3 Å². The number of aliphatic hydroxyl groups is 1. The van der Waals surface area contributed by atoms with Gasteiger partial charge < -0.3 is 5.11 Å². The number of thiophene rings is 1. The lowest BCUT2D eigenvalue weighted by atomic mass is 10.1. The third-order valence-corrected chi connectivity index (χ3v) is 4.84. The minimum Gasteiger partial charge on any atom is -0.395 e. The first-order valence-corrected chi connectivity index (χ1v) is 8.98. The second-order valence-electron chi connectivity index (χ2n) is 6.34. The molecule has 0 bridgehead atoms. The van der Waals surface area contributed by atoms with E-state index in [0.29, 0.717) is 6.42 Å². The molecule has 21 heavy (non-hydrogen) atoms. The van der Waals surface area contributed by atoms with Crippen molar-refractivity contribution < 1.29 is 5.11 Å². The van der Waals surface area contributed by atoms with Gasteiger partial charge in [-0.1, -0.05) is 38.5 Å². The van der Waals surface area contributed by atoms with E-state index in [2.05, 4.69) is 42.0 Å². The molecular weight excluding hydrogens is 278 g/mol. The molecule has 1 N–H and O–H groups in total. The van der Waals surface area contributed by atoms with E-state index < -0.39 is 0 Å². The largest absolute Gasteiger partial charge is 0.395 e. The molecular formula is C18H27NOS. The van der Waals surface area contributed by atoms with Crippen LogP contribution in [0, 0.1) is 17.8 Å². The normalized spacial score (nSPS) is 15.7. The van der Waals surface area contributed by atoms with Crippen LogP contribution in [0.2, 0.25) is 0 Å². The van der Waals surface area contributed by atoms with Crippen LogP contribution in [0.5, 0.6) is 0 Å². The molecule has 1 aromatic rings. The molecule has 0 saturated heterocycles. The van der Waals surface area contributed by atoms with E-state index in [4.69, 9.17) is 5.11 Å². The molecule has 2 rings (SSSR count). The van der Waals surface area contributed by atoms with Gasteiger partial charge in [-0.25, -0.2) is 0 Å². The van der Waals surface area contributed by atoms with Crippen LogP contribution in [0.1, 0.15) is 56.4 Å². The smallest absolute Gasteiger partial charge is 0.0540 e. The number of rotatable bonds is 6. The molecule has 0 aromatic carbocycles. The van der Waals surface area contributed by atoms with Gasteiger partial charge in [0.2, 0.25) is 0 Å². The van der Waals surface area contributed by atoms with Crippen molar-refractivity contribution in [3.05, 3.63) is 21.9 Å². The standard InChI is InChI=1S/C18H27NOS/c1-15(2)12-19(17-8-3-4-9-17)13-18-11-16(14-21-18)7-5-6-10-20/h11,14-15,17,20H,3-4,6,8-10,12-13H2,1-2H3. The zero-order valence-corrected chi connectivity index (χ0v) is 14.1. The molecule has 0 atom stereocenters. The number of hydrogen-bond acceptors (Lipinski definition) is 3. The first-order valence-electron chi connectivity index (χ1n) is 8.10. The Morgan fingerprint density at radius 2 is 2.14 bits per heavy atom. The molecule has 2 nitrogen and oxygen atoms in total. The summed E-state index contributed by atoms with van der Waals surface area (Å²) in [5.41, 5.74) is 1.10. The Balaban J connectivity index is 1.97. The molecule has 0 spiro atoms. The van der Waals surface area contributed by atoms with Crippen molar-refractivity contribution in [2.75, 3.05) is 13.2 Å². The Morgan fingerprint density at radius 1 is 1.38 bits per heavy atom. The molecule has 0 aliphatic heterocycles. The summed E-state index contributed by atoms with van der Waals surface area (Å²) in [6, 6.07) is 3.00. The molecule has 116 valence electrons. The third kappa shape index (κ3) is 5.47. The van der Waals surface area contributed by atoms with Gasteiger partial charge >= 0.3 is 0 Å². The topological polar surface area (TPSA) is 23.5 Å². The second kappa shape index (κ2) is 8.58. The number of nitrogens with zero attached hydrogens (tertiary/aromatic N) is 1. The van der Waals surface area contributed by atoms with E-state index in [9.17, 15) is 0 Å². The molecule has 0 amide bonds. The zero-order valence-electron chi connectivity index (χ0n) is 13.3. The van der Waals surface area contributed by atoms with E-state index in [1.807, 2.05) is 11.3 Å². The first kappa shape index (κ1) is 16.5. The van der Waals surface area contributed by atoms with Crippen molar-refractivity contribution in [3.63, 3.8) is 0 Å². The summed E-state index contributed by atoms with van der Waals surface area (Å²) >= 11 is 1.82. The van der Waals surface area contributed by atoms with Crippen molar-refractivity contribution in [3.8, 4) is 11.8 Å². The van der Waals surface area contributed by atoms with Crippen LogP contribution in [0.3, 0.4) is 0 Å². The number of hydrogen-bond donors (Lipinski definition) is 1. The fraction of sp³-hybridized carbons (Fsp3) is 0.667. The molecule has 0 unspecified atom stereocenters. The van der Waals surface area contributed by atoms with Crippen molar-refractivity contribution in [2.24, 2.45) is 5.92 Å². The van der Waals surface area contributed by atoms with E-state index in [0.717, 1.165) is 24.1 Å². The molecule has 3 heteroatoms. The Hall–Kier alpha value is -0.820. The van der Waals surface area contributed by atoms with Gasteiger partial charge in [0.05, 0.1) is 6.61 Å². The van der Waals surface area contributed by atoms with Crippen LogP contribution in [0.15, 0.2) is 11.4 Å². The summed E-state index contributed by atoms with van der Waals surface area (Å²) in [6.45, 7) is 7.02. The summed E-state index contributed by atoms with van der Waals surface area (Å²) < 4.78 is 0. The predicted molar refractivity (Wildman–Crippen MR) is 90.4 cm³/mol. The van der Waals surface area contributed by atoms with Crippen molar-refractivity contribution in [1.82, 2.24) is 4.90 Å². The molecule has 1 aromatic heterocycles. The maximum absolute atomic E-state index is 8.77. The lowest BCUT2D eigenvalue weighted by molar-refractivity contribution is 0.170. The summed E-state index contributed by atoms with van der Waals surface area (Å²) in [4.78, 5) is 4.09. The average Bonchev–Trinajstić information content (AvgIpc) is 3.09. The van der Waals surface area contributed by atoms with Crippen LogP contribution in [-0.2, 0) is 6.54 Å². The Bertz CT molecular complexity index is 477. The van der Waals surface area contributed by atoms with Gasteiger partial charge in [-0.05, 0) is 24.8 Å². The maximum atomic E-state index is 8.77. The highest BCUT2D eigenvalue weighted by molar-refractivity contribution is 7.10. The summed E-state index contributed by atoms with van der Waals surface area (Å²) in [6.07, 6.45) is 6.07. The quantitative estimate of drug-likeness (QED) is 0.806. The van der Waals surface area contributed by atoms with E-state index in [1.165, 1.54) is 37.1 Å². The highest BCUT2D eigenvalue weighted by atomic mass is 32.1. The molecule has 1 saturated carbocycles. The van der Waals surface area contributed by atoms with Crippen molar-refractivity contribution in [1.29, 1.82) is 0 Å². The highest BCUT2D eigenvalue weighted by Gasteiger charge is 2.23. The minimum absolute atomic E-state index is 0.147. The minimum atomic E-state index is 0.147. The predicted octanol–water partition coefficient (Wildman–Crippen LogP) is 3.88. The van der Waals surface area contributed by atoms with Gasteiger partial charge in [-0.3, -0.25) is 4.90 Å². The van der Waals surface area contributed by atoms with Crippen LogP contribution in [0.4, 0.5) is 0 Å². The Labute approximate surface area is 133 Å². The number of aliphatic hydroxyl groups excluding tert-OH is 1. The van der Waals surface area contributed by atoms with Crippen molar-refractivity contribution >= 4 is 11.3 Å². The van der Waals surface area contributed by atoms with Gasteiger partial charge in [0.1, 0.15) is 0 Å². The van der Waals surface area contributed by atoms with Crippen molar-refractivity contribution in [2.45, 2.75) is 58.5 Å². The van der Waals surface area contributed by atoms with Gasteiger partial charge in [0, 0.05) is 41.4 Å². The molecule has 1 aliphatic rings. The Morgan fingerprint density at radius 3 is 2.81 bits per heavy atom. The van der Waals surface area contributed by atoms with E-state index in [1.54, 1.807) is 0 Å². The highest BCUT2D eigenvalue weighted by Crippen LogP contribution is 2.27. The molecule has 1 fully saturated rings. The lowest BCUT2D eigenvalue weighted by Gasteiger charge is -2.29. The molecule has 1 aliphatic carbocycles. The molecule has 0 radical (unpaired) electrons. The van der Waals surface area contributed by atoms with Crippen LogP contribution in [0.25, 0.3) is 0 Å². The van der Waals surface area contributed by atoms with Gasteiger partial charge in [-0.15, -0.1) is 11.3 Å². The summed E-state index contributed by atoms with van der Waals surface area (Å²) in [7, 11) is 0. The summed E-state index contributed by atoms with van der Waals surface area (Å²) in [5.74, 6) is 6.85. The third-order valence-electron chi connectivity index (χ3n) is 3.92. The van der Waals surface area contributed by atoms with Crippen LogP contribution < -0.4 is 0 Å². The van der Waals surface area contributed by atoms with E-state index >= 15 is 0 Å². The molecule has 1 heterocycles. The van der Waals surface area contributed by atoms with Crippen LogP contribution in [-0.4, -0.2) is 29.2 Å². The monoisotopic (exact) mass is 305 g/mol. The zero-order chi connectivity index (χ0) is 15.1. The van der Waals surface area contributed by atoms with E-state index in [-0.39, 0.29) is 6.61 Å². The first-order chi connectivity index (χ1) is 10.2. The Kier molecular flexibility index (Phi) is 6.76. The fourth-order valence-electron chi connectivity index (χ4n) is 3.03. The van der Waals surface area contributed by atoms with Gasteiger partial charge in [0.25, 0.3) is 0 Å². The van der Waals surface area contributed by atoms with Gasteiger partial charge in [-0.2, -0.15) is 0 Å². The van der Waals surface area contributed by atoms with Gasteiger partial charge in [0.15, 0.2) is 0 Å². The average molecular weight is 305 g/mol. The SMILES string of the molecule is CC(C)CN(Cc1cc(C#CCCO)cs1)C1CCCC1.